The Morgan fingerprint density at radius 2 is 1.74 bits per heavy atom. The van der Waals surface area contributed by atoms with Crippen molar-refractivity contribution in [2.45, 2.75) is 19.4 Å². The molecule has 1 unspecified atom stereocenters. The maximum absolute atomic E-state index is 12.7. The minimum absolute atomic E-state index is 0.0672. The number of ether oxygens (including phenoxy) is 2. The molecular formula is C22H24N2O3. The summed E-state index contributed by atoms with van der Waals surface area (Å²) in [6.07, 6.45) is 4.29. The minimum atomic E-state index is -0.0694. The van der Waals surface area contributed by atoms with Gasteiger partial charge in [-0.2, -0.15) is 0 Å². The molecule has 140 valence electrons. The van der Waals surface area contributed by atoms with Crippen molar-refractivity contribution < 1.29 is 14.3 Å². The predicted octanol–water partition coefficient (Wildman–Crippen LogP) is 4.43. The van der Waals surface area contributed by atoms with Crippen molar-refractivity contribution >= 4 is 11.6 Å². The first-order valence-corrected chi connectivity index (χ1v) is 8.81. The zero-order valence-corrected chi connectivity index (χ0v) is 15.8. The number of rotatable bonds is 7. The van der Waals surface area contributed by atoms with Crippen LogP contribution in [0.1, 0.15) is 23.6 Å². The lowest BCUT2D eigenvalue weighted by Gasteiger charge is -2.20. The second-order valence-corrected chi connectivity index (χ2v) is 6.38. The van der Waals surface area contributed by atoms with Gasteiger partial charge in [0.15, 0.2) is 11.5 Å². The van der Waals surface area contributed by atoms with Gasteiger partial charge in [-0.3, -0.25) is 4.79 Å². The fourth-order valence-corrected chi connectivity index (χ4v) is 3.13. The third-order valence-electron chi connectivity index (χ3n) is 4.46. The number of carbonyl (C=O) groups excluding carboxylic acids is 1. The van der Waals surface area contributed by atoms with Gasteiger partial charge in [-0.1, -0.05) is 29.8 Å². The molecule has 1 aromatic heterocycles. The predicted molar refractivity (Wildman–Crippen MR) is 107 cm³/mol. The van der Waals surface area contributed by atoms with Gasteiger partial charge >= 0.3 is 0 Å². The Labute approximate surface area is 159 Å². The first-order chi connectivity index (χ1) is 13.1. The van der Waals surface area contributed by atoms with E-state index in [1.165, 1.54) is 5.56 Å². The highest BCUT2D eigenvalue weighted by Crippen LogP contribution is 2.30. The van der Waals surface area contributed by atoms with Gasteiger partial charge in [-0.25, -0.2) is 0 Å². The van der Waals surface area contributed by atoms with E-state index < -0.39 is 0 Å². The Kier molecular flexibility index (Phi) is 5.81. The van der Waals surface area contributed by atoms with Crippen LogP contribution < -0.4 is 14.8 Å². The van der Waals surface area contributed by atoms with Crippen LogP contribution in [0.4, 0.5) is 5.69 Å². The SMILES string of the molecule is COc1ccc(NC(=O)CC(c2cccc(C)c2)n2cccc2)cc1OC. The molecule has 5 nitrogen and oxygen atoms in total. The molecule has 0 radical (unpaired) electrons. The van der Waals surface area contributed by atoms with E-state index in [4.69, 9.17) is 9.47 Å². The minimum Gasteiger partial charge on any atom is -0.493 e. The summed E-state index contributed by atoms with van der Waals surface area (Å²) in [4.78, 5) is 12.7. The van der Waals surface area contributed by atoms with Crippen molar-refractivity contribution in [2.24, 2.45) is 0 Å². The molecule has 5 heteroatoms. The maximum atomic E-state index is 12.7. The zero-order chi connectivity index (χ0) is 19.2. The molecular weight excluding hydrogens is 340 g/mol. The van der Waals surface area contributed by atoms with Crippen molar-refractivity contribution in [2.75, 3.05) is 19.5 Å². The van der Waals surface area contributed by atoms with Crippen LogP contribution in [0.5, 0.6) is 11.5 Å². The van der Waals surface area contributed by atoms with Crippen molar-refractivity contribution in [3.8, 4) is 11.5 Å². The average Bonchev–Trinajstić information content (AvgIpc) is 3.20. The molecule has 0 aliphatic carbocycles. The lowest BCUT2D eigenvalue weighted by Crippen LogP contribution is -2.19. The fourth-order valence-electron chi connectivity index (χ4n) is 3.13. The number of methoxy groups -OCH3 is 2. The molecule has 27 heavy (non-hydrogen) atoms. The highest BCUT2D eigenvalue weighted by molar-refractivity contribution is 5.91. The largest absolute Gasteiger partial charge is 0.493 e. The first kappa shape index (κ1) is 18.6. The van der Waals surface area contributed by atoms with Crippen LogP contribution in [0.25, 0.3) is 0 Å². The average molecular weight is 364 g/mol. The summed E-state index contributed by atoms with van der Waals surface area (Å²) < 4.78 is 12.6. The maximum Gasteiger partial charge on any atom is 0.226 e. The smallest absolute Gasteiger partial charge is 0.226 e. The van der Waals surface area contributed by atoms with Crippen LogP contribution in [0.2, 0.25) is 0 Å². The summed E-state index contributed by atoms with van der Waals surface area (Å²) in [6, 6.07) is 17.5. The first-order valence-electron chi connectivity index (χ1n) is 8.81. The molecule has 2 aromatic carbocycles. The second kappa shape index (κ2) is 8.45. The number of hydrogen-bond acceptors (Lipinski definition) is 3. The number of nitrogens with one attached hydrogen (secondary N) is 1. The Morgan fingerprint density at radius 1 is 1.00 bits per heavy atom. The van der Waals surface area contributed by atoms with Crippen LogP contribution >= 0.6 is 0 Å². The van der Waals surface area contributed by atoms with Gasteiger partial charge in [0.05, 0.1) is 26.7 Å². The number of amides is 1. The molecule has 0 aliphatic rings. The standard InChI is InChI=1S/C22H24N2O3/c1-16-7-6-8-17(13-16)19(24-11-4-5-12-24)15-22(25)23-18-9-10-20(26-2)21(14-18)27-3/h4-14,19H,15H2,1-3H3,(H,23,25). The lowest BCUT2D eigenvalue weighted by atomic mass is 10.0. The number of hydrogen-bond donors (Lipinski definition) is 1. The van der Waals surface area contributed by atoms with Gasteiger partial charge < -0.3 is 19.4 Å². The molecule has 0 fully saturated rings. The molecule has 3 rings (SSSR count). The van der Waals surface area contributed by atoms with Crippen LogP contribution in [0.15, 0.2) is 67.0 Å². The molecule has 0 bridgehead atoms. The van der Waals surface area contributed by atoms with Crippen LogP contribution in [-0.4, -0.2) is 24.7 Å². The second-order valence-electron chi connectivity index (χ2n) is 6.38. The number of aryl methyl sites for hydroxylation is 1. The van der Waals surface area contributed by atoms with Crippen LogP contribution in [0, 0.1) is 6.92 Å². The fraction of sp³-hybridized carbons (Fsp3) is 0.227. The summed E-state index contributed by atoms with van der Waals surface area (Å²) in [5.74, 6) is 1.14. The van der Waals surface area contributed by atoms with E-state index in [-0.39, 0.29) is 11.9 Å². The molecule has 1 N–H and O–H groups in total. The summed E-state index contributed by atoms with van der Waals surface area (Å²) in [6.45, 7) is 2.06. The van der Waals surface area contributed by atoms with Crippen LogP contribution in [0.3, 0.4) is 0 Å². The van der Waals surface area contributed by atoms with Gasteiger partial charge in [0.25, 0.3) is 0 Å². The summed E-state index contributed by atoms with van der Waals surface area (Å²) in [7, 11) is 3.16. The highest BCUT2D eigenvalue weighted by Gasteiger charge is 2.18. The van der Waals surface area contributed by atoms with Crippen molar-refractivity contribution in [3.05, 3.63) is 78.1 Å². The molecule has 0 saturated heterocycles. The molecule has 0 aliphatic heterocycles. The normalized spacial score (nSPS) is 11.7. The van der Waals surface area contributed by atoms with Gasteiger partial charge in [0.1, 0.15) is 0 Å². The summed E-state index contributed by atoms with van der Waals surface area (Å²) in [5, 5.41) is 2.96. The lowest BCUT2D eigenvalue weighted by molar-refractivity contribution is -0.116. The third kappa shape index (κ3) is 4.50. The van der Waals surface area contributed by atoms with Crippen molar-refractivity contribution in [1.29, 1.82) is 0 Å². The number of nitrogens with zero attached hydrogens (tertiary/aromatic N) is 1. The molecule has 0 saturated carbocycles. The molecule has 1 amide bonds. The topological polar surface area (TPSA) is 52.5 Å². The Bertz CT molecular complexity index is 904. The van der Waals surface area contributed by atoms with Gasteiger partial charge in [0.2, 0.25) is 5.91 Å². The molecule has 1 heterocycles. The molecule has 1 atom stereocenters. The van der Waals surface area contributed by atoms with Crippen molar-refractivity contribution in [3.63, 3.8) is 0 Å². The Hall–Kier alpha value is -3.21. The summed E-state index contributed by atoms with van der Waals surface area (Å²) in [5.41, 5.74) is 2.95. The Morgan fingerprint density at radius 3 is 2.41 bits per heavy atom. The van der Waals surface area contributed by atoms with Gasteiger partial charge in [-0.15, -0.1) is 0 Å². The number of benzene rings is 2. The Balaban J connectivity index is 1.79. The van der Waals surface area contributed by atoms with E-state index in [9.17, 15) is 4.79 Å². The summed E-state index contributed by atoms with van der Waals surface area (Å²) >= 11 is 0. The molecule has 0 spiro atoms. The number of carbonyl (C=O) groups is 1. The zero-order valence-electron chi connectivity index (χ0n) is 15.8. The van der Waals surface area contributed by atoms with Crippen molar-refractivity contribution in [1.82, 2.24) is 4.57 Å². The van der Waals surface area contributed by atoms with E-state index in [1.807, 2.05) is 30.6 Å². The number of aromatic nitrogens is 1. The van der Waals surface area contributed by atoms with E-state index in [0.29, 0.717) is 23.6 Å². The highest BCUT2D eigenvalue weighted by atomic mass is 16.5. The van der Waals surface area contributed by atoms with Gasteiger partial charge in [0, 0.05) is 24.1 Å². The van der Waals surface area contributed by atoms with Gasteiger partial charge in [-0.05, 0) is 36.8 Å². The monoisotopic (exact) mass is 364 g/mol. The third-order valence-corrected chi connectivity index (χ3v) is 4.46. The van der Waals surface area contributed by atoms with E-state index in [1.54, 1.807) is 32.4 Å². The van der Waals surface area contributed by atoms with E-state index in [2.05, 4.69) is 35.0 Å². The quantitative estimate of drug-likeness (QED) is 0.675. The van der Waals surface area contributed by atoms with E-state index in [0.717, 1.165) is 5.56 Å². The van der Waals surface area contributed by atoms with Crippen LogP contribution in [-0.2, 0) is 4.79 Å². The van der Waals surface area contributed by atoms with E-state index >= 15 is 0 Å². The number of anilines is 1. The molecule has 3 aromatic rings.